The Labute approximate surface area is 161 Å². The van der Waals surface area contributed by atoms with Crippen molar-refractivity contribution < 1.29 is 14.3 Å². The molecule has 0 N–H and O–H groups in total. The van der Waals surface area contributed by atoms with Gasteiger partial charge in [0.2, 0.25) is 5.91 Å². The van der Waals surface area contributed by atoms with E-state index in [1.54, 1.807) is 34.9 Å². The largest absolute Gasteiger partial charge is 0.459 e. The number of hydrogen-bond acceptors (Lipinski definition) is 5. The number of ether oxygens (including phenoxy) is 1. The Morgan fingerprint density at radius 3 is 2.85 bits per heavy atom. The molecule has 2 aromatic carbocycles. The van der Waals surface area contributed by atoms with Crippen molar-refractivity contribution in [2.45, 2.75) is 30.4 Å². The van der Waals surface area contributed by atoms with Gasteiger partial charge in [-0.1, -0.05) is 42.5 Å². The van der Waals surface area contributed by atoms with E-state index in [4.69, 9.17) is 10.00 Å². The quantitative estimate of drug-likeness (QED) is 0.764. The molecule has 27 heavy (non-hydrogen) atoms. The molecule has 0 bridgehead atoms. The number of nitriles is 1. The van der Waals surface area contributed by atoms with Crippen LogP contribution in [0, 0.1) is 11.3 Å². The first-order valence-electron chi connectivity index (χ1n) is 8.81. The first kappa shape index (κ1) is 17.6. The highest BCUT2D eigenvalue weighted by atomic mass is 32.2. The van der Waals surface area contributed by atoms with Crippen LogP contribution in [-0.4, -0.2) is 28.6 Å². The van der Waals surface area contributed by atoms with Crippen LogP contribution in [0.1, 0.15) is 29.5 Å². The maximum atomic E-state index is 12.7. The standard InChI is InChI=1S/C21H18N2O3S/c22-12-15-5-4-6-16(11-15)13-26-20(25)18-14-27-21(10-9-19(24)23(18)21)17-7-2-1-3-8-17/h1-8,11,18H,9-10,13-14H2/t18-,21+/m0/s1. The number of amides is 1. The number of rotatable bonds is 4. The molecule has 0 spiro atoms. The van der Waals surface area contributed by atoms with Crippen molar-refractivity contribution in [3.8, 4) is 6.07 Å². The second-order valence-electron chi connectivity index (χ2n) is 6.66. The smallest absolute Gasteiger partial charge is 0.330 e. The lowest BCUT2D eigenvalue weighted by Gasteiger charge is -2.33. The number of esters is 1. The number of thioether (sulfide) groups is 1. The summed E-state index contributed by atoms with van der Waals surface area (Å²) in [5.74, 6) is 0.132. The van der Waals surface area contributed by atoms with Crippen LogP contribution in [0.5, 0.6) is 0 Å². The molecule has 136 valence electrons. The van der Waals surface area contributed by atoms with Gasteiger partial charge in [0, 0.05) is 12.2 Å². The van der Waals surface area contributed by atoms with Crippen molar-refractivity contribution in [1.82, 2.24) is 4.90 Å². The predicted molar refractivity (Wildman–Crippen MR) is 101 cm³/mol. The van der Waals surface area contributed by atoms with E-state index in [9.17, 15) is 9.59 Å². The summed E-state index contributed by atoms with van der Waals surface area (Å²) in [7, 11) is 0. The van der Waals surface area contributed by atoms with Gasteiger partial charge >= 0.3 is 5.97 Å². The minimum absolute atomic E-state index is 0.00252. The minimum Gasteiger partial charge on any atom is -0.459 e. The lowest BCUT2D eigenvalue weighted by Crippen LogP contribution is -2.46. The lowest BCUT2D eigenvalue weighted by atomic mass is 10.0. The Balaban J connectivity index is 1.51. The highest BCUT2D eigenvalue weighted by molar-refractivity contribution is 8.00. The number of carbonyl (C=O) groups excluding carboxylic acids is 2. The molecule has 2 aromatic rings. The summed E-state index contributed by atoms with van der Waals surface area (Å²) in [6, 6.07) is 18.4. The second kappa shape index (κ2) is 7.09. The van der Waals surface area contributed by atoms with Crippen molar-refractivity contribution in [2.75, 3.05) is 5.75 Å². The van der Waals surface area contributed by atoms with Gasteiger partial charge in [0.05, 0.1) is 11.6 Å². The van der Waals surface area contributed by atoms with Crippen LogP contribution in [0.3, 0.4) is 0 Å². The Hall–Kier alpha value is -2.78. The average molecular weight is 378 g/mol. The maximum Gasteiger partial charge on any atom is 0.330 e. The first-order chi connectivity index (χ1) is 13.1. The van der Waals surface area contributed by atoms with Crippen molar-refractivity contribution in [3.05, 3.63) is 71.3 Å². The van der Waals surface area contributed by atoms with Gasteiger partial charge in [-0.05, 0) is 29.7 Å². The molecule has 2 fully saturated rings. The zero-order valence-corrected chi connectivity index (χ0v) is 15.4. The van der Waals surface area contributed by atoms with Crippen LogP contribution in [0.4, 0.5) is 0 Å². The van der Waals surface area contributed by atoms with Crippen LogP contribution in [0.15, 0.2) is 54.6 Å². The van der Waals surface area contributed by atoms with E-state index in [2.05, 4.69) is 6.07 Å². The van der Waals surface area contributed by atoms with Gasteiger partial charge in [0.15, 0.2) is 0 Å². The molecule has 6 heteroatoms. The minimum atomic E-state index is -0.579. The van der Waals surface area contributed by atoms with E-state index < -0.39 is 16.9 Å². The summed E-state index contributed by atoms with van der Waals surface area (Å²) in [6.45, 7) is 0.0931. The molecule has 0 radical (unpaired) electrons. The van der Waals surface area contributed by atoms with Crippen LogP contribution < -0.4 is 0 Å². The molecule has 2 heterocycles. The van der Waals surface area contributed by atoms with Crippen molar-refractivity contribution in [3.63, 3.8) is 0 Å². The summed E-state index contributed by atoms with van der Waals surface area (Å²) >= 11 is 1.64. The third-order valence-electron chi connectivity index (χ3n) is 5.06. The van der Waals surface area contributed by atoms with Gasteiger partial charge in [-0.25, -0.2) is 4.79 Å². The van der Waals surface area contributed by atoms with E-state index in [1.807, 2.05) is 36.4 Å². The molecule has 2 aliphatic heterocycles. The predicted octanol–water partition coefficient (Wildman–Crippen LogP) is 3.19. The third-order valence-corrected chi connectivity index (χ3v) is 6.66. The molecule has 2 saturated heterocycles. The first-order valence-corrected chi connectivity index (χ1v) is 9.80. The highest BCUT2D eigenvalue weighted by Gasteiger charge is 2.57. The molecule has 0 aromatic heterocycles. The summed E-state index contributed by atoms with van der Waals surface area (Å²) < 4.78 is 5.49. The normalized spacial score (nSPS) is 23.7. The Morgan fingerprint density at radius 1 is 1.26 bits per heavy atom. The van der Waals surface area contributed by atoms with Gasteiger partial charge in [0.1, 0.15) is 17.5 Å². The molecule has 4 rings (SSSR count). The Kier molecular flexibility index (Phi) is 4.63. The Bertz CT molecular complexity index is 925. The fourth-order valence-electron chi connectivity index (χ4n) is 3.80. The molecule has 0 unspecified atom stereocenters. The van der Waals surface area contributed by atoms with Crippen LogP contribution in [0.2, 0.25) is 0 Å². The molecular formula is C21H18N2O3S. The van der Waals surface area contributed by atoms with E-state index in [0.29, 0.717) is 24.2 Å². The fraction of sp³-hybridized carbons (Fsp3) is 0.286. The van der Waals surface area contributed by atoms with Gasteiger partial charge in [0.25, 0.3) is 0 Å². The van der Waals surface area contributed by atoms with E-state index >= 15 is 0 Å². The zero-order chi connectivity index (χ0) is 18.9. The molecule has 0 saturated carbocycles. The molecule has 0 aliphatic carbocycles. The SMILES string of the molecule is N#Cc1cccc(COC(=O)[C@@H]2CS[C@@]3(c4ccccc4)CCC(=O)N23)c1. The van der Waals surface area contributed by atoms with Crippen molar-refractivity contribution in [1.29, 1.82) is 5.26 Å². The molecule has 2 atom stereocenters. The van der Waals surface area contributed by atoms with Crippen molar-refractivity contribution in [2.24, 2.45) is 0 Å². The summed E-state index contributed by atoms with van der Waals surface area (Å²) in [4.78, 5) is 26.6. The topological polar surface area (TPSA) is 70.4 Å². The zero-order valence-electron chi connectivity index (χ0n) is 14.6. The number of carbonyl (C=O) groups is 2. The van der Waals surface area contributed by atoms with Gasteiger partial charge in [-0.15, -0.1) is 11.8 Å². The summed E-state index contributed by atoms with van der Waals surface area (Å²) in [6.07, 6.45) is 1.14. The van der Waals surface area contributed by atoms with E-state index in [-0.39, 0.29) is 12.5 Å². The third kappa shape index (κ3) is 3.08. The second-order valence-corrected chi connectivity index (χ2v) is 7.96. The lowest BCUT2D eigenvalue weighted by molar-refractivity contribution is -0.155. The monoisotopic (exact) mass is 378 g/mol. The van der Waals surface area contributed by atoms with Crippen molar-refractivity contribution >= 4 is 23.6 Å². The van der Waals surface area contributed by atoms with Crippen LogP contribution in [-0.2, 0) is 25.8 Å². The van der Waals surface area contributed by atoms with Gasteiger partial charge in [-0.3, -0.25) is 4.79 Å². The number of nitrogens with zero attached hydrogens (tertiary/aromatic N) is 2. The number of hydrogen-bond donors (Lipinski definition) is 0. The molecule has 2 aliphatic rings. The van der Waals surface area contributed by atoms with Crippen LogP contribution >= 0.6 is 11.8 Å². The molecule has 1 amide bonds. The molecule has 5 nitrogen and oxygen atoms in total. The summed E-state index contributed by atoms with van der Waals surface area (Å²) in [5, 5.41) is 8.98. The highest BCUT2D eigenvalue weighted by Crippen LogP contribution is 2.54. The average Bonchev–Trinajstić information content (AvgIpc) is 3.26. The molecular weight excluding hydrogens is 360 g/mol. The summed E-state index contributed by atoms with van der Waals surface area (Å²) in [5.41, 5.74) is 2.34. The number of fused-ring (bicyclic) bond motifs is 1. The van der Waals surface area contributed by atoms with E-state index in [1.165, 1.54) is 0 Å². The fourth-order valence-corrected chi connectivity index (χ4v) is 5.43. The number of benzene rings is 2. The van der Waals surface area contributed by atoms with Crippen LogP contribution in [0.25, 0.3) is 0 Å². The van der Waals surface area contributed by atoms with Gasteiger partial charge in [-0.2, -0.15) is 5.26 Å². The Morgan fingerprint density at radius 2 is 2.07 bits per heavy atom. The maximum absolute atomic E-state index is 12.7. The van der Waals surface area contributed by atoms with Gasteiger partial charge < -0.3 is 9.64 Å². The van der Waals surface area contributed by atoms with E-state index in [0.717, 1.165) is 11.1 Å².